The maximum atomic E-state index is 12.6. The number of rotatable bonds is 0. The van der Waals surface area contributed by atoms with Gasteiger partial charge in [-0.25, -0.2) is 13.2 Å². The van der Waals surface area contributed by atoms with Crippen LogP contribution in [-0.2, 0) is 0 Å². The second kappa shape index (κ2) is 3.76. The van der Waals surface area contributed by atoms with E-state index >= 15 is 0 Å². The summed E-state index contributed by atoms with van der Waals surface area (Å²) < 4.78 is 38.1. The molecule has 0 bridgehead atoms. The highest BCUT2D eigenvalue weighted by Gasteiger charge is 2.37. The second-order valence-corrected chi connectivity index (χ2v) is 4.50. The third kappa shape index (κ3) is 2.08. The minimum atomic E-state index is -1.99. The van der Waals surface area contributed by atoms with Crippen LogP contribution in [0, 0.1) is 0 Å². The van der Waals surface area contributed by atoms with Gasteiger partial charge in [0, 0.05) is 4.24 Å². The molecule has 1 heterocycles. The van der Waals surface area contributed by atoms with Crippen molar-refractivity contribution < 1.29 is 13.2 Å². The van der Waals surface area contributed by atoms with Gasteiger partial charge in [0.05, 0.1) is 0 Å². The lowest BCUT2D eigenvalue weighted by Gasteiger charge is -2.23. The van der Waals surface area contributed by atoms with Gasteiger partial charge >= 0.3 is 0 Å². The van der Waals surface area contributed by atoms with Crippen LogP contribution < -0.4 is 0 Å². The van der Waals surface area contributed by atoms with Gasteiger partial charge in [-0.1, -0.05) is 29.6 Å². The molecule has 0 radical (unpaired) electrons. The molecule has 1 aliphatic rings. The normalized spacial score (nSPS) is 38.9. The predicted molar refractivity (Wildman–Crippen MR) is 43.6 cm³/mol. The zero-order chi connectivity index (χ0) is 8.43. The van der Waals surface area contributed by atoms with Crippen LogP contribution in [0.5, 0.6) is 0 Å². The summed E-state index contributed by atoms with van der Waals surface area (Å²) in [4.78, 5) is 0. The molecule has 2 unspecified atom stereocenters. The Morgan fingerprint density at radius 2 is 1.64 bits per heavy atom. The van der Waals surface area contributed by atoms with Gasteiger partial charge in [-0.15, -0.1) is 0 Å². The standard InChI is InChI=1S/C6H7F3S2/c1-2-3-10-5(8)4(7)6(9)11-3/h2,4-6H,1H3. The summed E-state index contributed by atoms with van der Waals surface area (Å²) in [6.07, 6.45) is -0.408. The summed E-state index contributed by atoms with van der Waals surface area (Å²) in [6.45, 7) is 1.67. The fourth-order valence-corrected chi connectivity index (χ4v) is 2.76. The second-order valence-electron chi connectivity index (χ2n) is 1.99. The van der Waals surface area contributed by atoms with Crippen LogP contribution in [0.3, 0.4) is 0 Å². The Bertz CT molecular complexity index is 157. The first-order valence-corrected chi connectivity index (χ1v) is 4.83. The van der Waals surface area contributed by atoms with E-state index in [1.54, 1.807) is 13.0 Å². The van der Waals surface area contributed by atoms with Crippen molar-refractivity contribution in [3.63, 3.8) is 0 Å². The van der Waals surface area contributed by atoms with E-state index in [-0.39, 0.29) is 0 Å². The van der Waals surface area contributed by atoms with Crippen LogP contribution in [0.25, 0.3) is 0 Å². The molecule has 64 valence electrons. The largest absolute Gasteiger partial charge is 0.239 e. The summed E-state index contributed by atoms with van der Waals surface area (Å²) in [6, 6.07) is 0. The topological polar surface area (TPSA) is 0 Å². The highest BCUT2D eigenvalue weighted by atomic mass is 32.2. The number of allylic oxidation sites excluding steroid dienone is 1. The first-order valence-electron chi connectivity index (χ1n) is 3.07. The smallest absolute Gasteiger partial charge is 0.185 e. The molecule has 0 aliphatic carbocycles. The lowest BCUT2D eigenvalue weighted by molar-refractivity contribution is 0.173. The van der Waals surface area contributed by atoms with Crippen molar-refractivity contribution in [1.29, 1.82) is 0 Å². The number of thioether (sulfide) groups is 2. The van der Waals surface area contributed by atoms with Crippen molar-refractivity contribution >= 4 is 23.5 Å². The zero-order valence-corrected chi connectivity index (χ0v) is 7.39. The molecule has 1 saturated heterocycles. The molecule has 0 aromatic carbocycles. The van der Waals surface area contributed by atoms with Gasteiger partial charge in [-0.3, -0.25) is 0 Å². The van der Waals surface area contributed by atoms with Gasteiger partial charge in [-0.2, -0.15) is 0 Å². The molecule has 5 heteroatoms. The van der Waals surface area contributed by atoms with Crippen LogP contribution in [0.1, 0.15) is 6.92 Å². The Labute approximate surface area is 71.6 Å². The quantitative estimate of drug-likeness (QED) is 0.588. The van der Waals surface area contributed by atoms with E-state index in [2.05, 4.69) is 0 Å². The summed E-state index contributed by atoms with van der Waals surface area (Å²) in [5.74, 6) is 0. The Morgan fingerprint density at radius 3 is 2.00 bits per heavy atom. The molecule has 0 nitrogen and oxygen atoms in total. The van der Waals surface area contributed by atoms with Crippen molar-refractivity contribution in [3.05, 3.63) is 10.3 Å². The predicted octanol–water partition coefficient (Wildman–Crippen LogP) is 3.26. The first kappa shape index (κ1) is 9.32. The maximum absolute atomic E-state index is 12.6. The van der Waals surface area contributed by atoms with Crippen LogP contribution in [-0.4, -0.2) is 17.2 Å². The third-order valence-corrected chi connectivity index (χ3v) is 3.68. The third-order valence-electron chi connectivity index (χ3n) is 1.19. The van der Waals surface area contributed by atoms with Crippen LogP contribution in [0.15, 0.2) is 10.3 Å². The van der Waals surface area contributed by atoms with Gasteiger partial charge < -0.3 is 0 Å². The number of hydrogen-bond acceptors (Lipinski definition) is 2. The number of hydrogen-bond donors (Lipinski definition) is 0. The van der Waals surface area contributed by atoms with E-state index in [0.29, 0.717) is 4.24 Å². The van der Waals surface area contributed by atoms with Gasteiger partial charge in [0.15, 0.2) is 17.2 Å². The molecule has 0 aromatic rings. The van der Waals surface area contributed by atoms with Crippen molar-refractivity contribution in [1.82, 2.24) is 0 Å². The fraction of sp³-hybridized carbons (Fsp3) is 0.667. The van der Waals surface area contributed by atoms with E-state index in [1.807, 2.05) is 0 Å². The zero-order valence-electron chi connectivity index (χ0n) is 5.76. The first-order chi connectivity index (χ1) is 5.15. The molecule has 2 atom stereocenters. The van der Waals surface area contributed by atoms with Crippen molar-refractivity contribution in [2.24, 2.45) is 0 Å². The van der Waals surface area contributed by atoms with Gasteiger partial charge in [-0.05, 0) is 6.92 Å². The van der Waals surface area contributed by atoms with Crippen LogP contribution in [0.2, 0.25) is 0 Å². The molecule has 0 spiro atoms. The Hall–Kier alpha value is 0.230. The Balaban J connectivity index is 2.62. The van der Waals surface area contributed by atoms with E-state index in [4.69, 9.17) is 0 Å². The van der Waals surface area contributed by atoms with Crippen LogP contribution in [0.4, 0.5) is 13.2 Å². The van der Waals surface area contributed by atoms with Gasteiger partial charge in [0.2, 0.25) is 0 Å². The molecular formula is C6H7F3S2. The molecular weight excluding hydrogens is 193 g/mol. The summed E-state index contributed by atoms with van der Waals surface area (Å²) >= 11 is 1.48. The molecule has 11 heavy (non-hydrogen) atoms. The molecule has 0 aromatic heterocycles. The van der Waals surface area contributed by atoms with Crippen molar-refractivity contribution in [2.45, 2.75) is 24.1 Å². The summed E-state index contributed by atoms with van der Waals surface area (Å²) in [7, 11) is 0. The monoisotopic (exact) mass is 200 g/mol. The lowest BCUT2D eigenvalue weighted by atomic mass is 10.5. The molecule has 0 N–H and O–H groups in total. The lowest BCUT2D eigenvalue weighted by Crippen LogP contribution is -2.26. The summed E-state index contributed by atoms with van der Waals surface area (Å²) in [5, 5.41) is 0. The summed E-state index contributed by atoms with van der Waals surface area (Å²) in [5.41, 5.74) is -3.50. The molecule has 1 aliphatic heterocycles. The molecule has 0 amide bonds. The SMILES string of the molecule is CC=C1SC(F)C(F)C(F)S1. The van der Waals surface area contributed by atoms with E-state index in [0.717, 1.165) is 23.5 Å². The van der Waals surface area contributed by atoms with Gasteiger partial charge in [0.25, 0.3) is 0 Å². The number of halogens is 3. The molecule has 0 saturated carbocycles. The minimum Gasteiger partial charge on any atom is -0.239 e. The maximum Gasteiger partial charge on any atom is 0.185 e. The molecule has 1 rings (SSSR count). The average Bonchev–Trinajstić information content (AvgIpc) is 1.99. The highest BCUT2D eigenvalue weighted by molar-refractivity contribution is 8.23. The van der Waals surface area contributed by atoms with Crippen LogP contribution >= 0.6 is 23.5 Å². The Kier molecular flexibility index (Phi) is 3.18. The van der Waals surface area contributed by atoms with E-state index < -0.39 is 17.2 Å². The van der Waals surface area contributed by atoms with E-state index in [9.17, 15) is 13.2 Å². The van der Waals surface area contributed by atoms with Crippen molar-refractivity contribution in [3.8, 4) is 0 Å². The minimum absolute atomic E-state index is 0.513. The van der Waals surface area contributed by atoms with E-state index in [1.165, 1.54) is 0 Å². The fourth-order valence-electron chi connectivity index (χ4n) is 0.635. The number of alkyl halides is 3. The molecule has 1 fully saturated rings. The Morgan fingerprint density at radius 1 is 1.18 bits per heavy atom. The van der Waals surface area contributed by atoms with Crippen molar-refractivity contribution in [2.75, 3.05) is 0 Å². The highest BCUT2D eigenvalue weighted by Crippen LogP contribution is 2.45. The average molecular weight is 200 g/mol. The van der Waals surface area contributed by atoms with Gasteiger partial charge in [0.1, 0.15) is 0 Å².